The molecule has 0 unspecified atom stereocenters. The number of carboxylic acid groups (broad SMARTS) is 1. The smallest absolute Gasteiger partial charge is 0.394 e. The van der Waals surface area contributed by atoms with Crippen molar-refractivity contribution < 1.29 is 40.2 Å². The SMILES string of the molecule is O=C(O)CCn1c2c(c3ccccc31)C[C@H](NS(=O)(=O)c1ccc(F)cc1)CC2.O=S(=O)(O)O. The Bertz CT molecular complexity index is 1390. The molecular weight excluding hydrogens is 491 g/mol. The summed E-state index contributed by atoms with van der Waals surface area (Å²) in [5.41, 5.74) is 3.11. The van der Waals surface area contributed by atoms with E-state index in [1.54, 1.807) is 0 Å². The van der Waals surface area contributed by atoms with Gasteiger partial charge in [0.2, 0.25) is 10.0 Å². The van der Waals surface area contributed by atoms with Crippen LogP contribution in [-0.2, 0) is 44.6 Å². The number of aliphatic carboxylic acids is 1. The predicted molar refractivity (Wildman–Crippen MR) is 121 cm³/mol. The number of nitrogens with zero attached hydrogens (tertiary/aromatic N) is 1. The van der Waals surface area contributed by atoms with Gasteiger partial charge < -0.3 is 9.67 Å². The van der Waals surface area contributed by atoms with Crippen LogP contribution in [0.3, 0.4) is 0 Å². The Morgan fingerprint density at radius 3 is 2.29 bits per heavy atom. The fraction of sp³-hybridized carbons (Fsp3) is 0.286. The Balaban J connectivity index is 0.000000588. The van der Waals surface area contributed by atoms with E-state index in [0.717, 1.165) is 34.3 Å². The van der Waals surface area contributed by atoms with Gasteiger partial charge in [-0.2, -0.15) is 8.42 Å². The zero-order chi connectivity index (χ0) is 25.1. The third kappa shape index (κ3) is 6.61. The summed E-state index contributed by atoms with van der Waals surface area (Å²) in [5, 5.41) is 10.1. The molecule has 0 spiro atoms. The highest BCUT2D eigenvalue weighted by Crippen LogP contribution is 2.33. The summed E-state index contributed by atoms with van der Waals surface area (Å²) in [6, 6.07) is 12.3. The number of sulfonamides is 1. The lowest BCUT2D eigenvalue weighted by Gasteiger charge is -2.25. The average molecular weight is 515 g/mol. The van der Waals surface area contributed by atoms with Crippen molar-refractivity contribution >= 4 is 37.3 Å². The Morgan fingerprint density at radius 1 is 1.06 bits per heavy atom. The first-order valence-electron chi connectivity index (χ1n) is 10.1. The van der Waals surface area contributed by atoms with Gasteiger partial charge in [-0.3, -0.25) is 13.9 Å². The molecule has 0 saturated heterocycles. The number of para-hydroxylation sites is 1. The van der Waals surface area contributed by atoms with Crippen LogP contribution in [0.25, 0.3) is 10.9 Å². The summed E-state index contributed by atoms with van der Waals surface area (Å²) < 4.78 is 74.8. The summed E-state index contributed by atoms with van der Waals surface area (Å²) in [5.74, 6) is -1.34. The lowest BCUT2D eigenvalue weighted by Crippen LogP contribution is -2.39. The van der Waals surface area contributed by atoms with Crippen molar-refractivity contribution in [3.63, 3.8) is 0 Å². The van der Waals surface area contributed by atoms with E-state index >= 15 is 0 Å². The van der Waals surface area contributed by atoms with Crippen LogP contribution in [-0.4, -0.2) is 47.6 Å². The number of halogens is 1. The van der Waals surface area contributed by atoms with E-state index in [1.165, 1.54) is 12.1 Å². The van der Waals surface area contributed by atoms with E-state index in [2.05, 4.69) is 4.72 Å². The van der Waals surface area contributed by atoms with Crippen molar-refractivity contribution in [2.75, 3.05) is 0 Å². The number of benzene rings is 2. The standard InChI is InChI=1S/C21H21FN2O4S.H2O4S/c22-14-5-8-16(9-6-14)29(27,28)23-15-7-10-20-18(13-15)17-3-1-2-4-19(17)24(20)12-11-21(25)26;1-5(2,3)4/h1-6,8-9,15,23H,7,10-13H2,(H,25,26);(H2,1,2,3,4)/t15-;/m1./s1. The fourth-order valence-corrected chi connectivity index (χ4v) is 5.34. The van der Waals surface area contributed by atoms with Crippen molar-refractivity contribution in [2.24, 2.45) is 0 Å². The summed E-state index contributed by atoms with van der Waals surface area (Å²) in [4.78, 5) is 11.1. The number of nitrogens with one attached hydrogen (secondary N) is 1. The molecular formula is C21H23FN2O8S2. The molecule has 4 rings (SSSR count). The van der Waals surface area contributed by atoms with Crippen LogP contribution < -0.4 is 4.72 Å². The van der Waals surface area contributed by atoms with Crippen molar-refractivity contribution in [1.29, 1.82) is 0 Å². The summed E-state index contributed by atoms with van der Waals surface area (Å²) in [7, 11) is -8.41. The van der Waals surface area contributed by atoms with Gasteiger partial charge in [0.1, 0.15) is 5.82 Å². The Hall–Kier alpha value is -2.84. The Labute approximate surface area is 195 Å². The second kappa shape index (κ2) is 10.2. The van der Waals surface area contributed by atoms with Crippen molar-refractivity contribution in [3.05, 3.63) is 65.6 Å². The van der Waals surface area contributed by atoms with Crippen LogP contribution in [0.4, 0.5) is 4.39 Å². The van der Waals surface area contributed by atoms with Gasteiger partial charge in [0.25, 0.3) is 0 Å². The first kappa shape index (κ1) is 25.8. The van der Waals surface area contributed by atoms with Gasteiger partial charge >= 0.3 is 16.4 Å². The quantitative estimate of drug-likeness (QED) is 0.365. The van der Waals surface area contributed by atoms with E-state index < -0.39 is 32.2 Å². The molecule has 10 nitrogen and oxygen atoms in total. The summed E-state index contributed by atoms with van der Waals surface area (Å²) in [6.07, 6.45) is 1.82. The highest BCUT2D eigenvalue weighted by Gasteiger charge is 2.28. The maximum absolute atomic E-state index is 13.1. The highest BCUT2D eigenvalue weighted by molar-refractivity contribution is 7.89. The first-order valence-corrected chi connectivity index (χ1v) is 13.0. The van der Waals surface area contributed by atoms with Gasteiger partial charge in [0.15, 0.2) is 0 Å². The zero-order valence-corrected chi connectivity index (χ0v) is 19.4. The van der Waals surface area contributed by atoms with E-state index in [9.17, 15) is 17.6 Å². The number of carbonyl (C=O) groups is 1. The topological polar surface area (TPSA) is 163 Å². The third-order valence-corrected chi connectivity index (χ3v) is 6.91. The van der Waals surface area contributed by atoms with Gasteiger partial charge in [-0.05, 0) is 55.2 Å². The minimum absolute atomic E-state index is 0.0335. The monoisotopic (exact) mass is 514 g/mol. The Morgan fingerprint density at radius 2 is 1.68 bits per heavy atom. The first-order chi connectivity index (χ1) is 15.8. The van der Waals surface area contributed by atoms with E-state index in [-0.39, 0.29) is 17.4 Å². The molecule has 1 aliphatic carbocycles. The molecule has 2 aromatic carbocycles. The van der Waals surface area contributed by atoms with Gasteiger partial charge in [0, 0.05) is 29.2 Å². The maximum Gasteiger partial charge on any atom is 0.394 e. The maximum atomic E-state index is 13.1. The van der Waals surface area contributed by atoms with E-state index in [1.807, 2.05) is 28.8 Å². The molecule has 0 amide bonds. The molecule has 0 bridgehead atoms. The van der Waals surface area contributed by atoms with E-state index in [0.29, 0.717) is 25.8 Å². The second-order valence-electron chi connectivity index (χ2n) is 7.70. The highest BCUT2D eigenvalue weighted by atomic mass is 32.3. The van der Waals surface area contributed by atoms with Gasteiger partial charge in [-0.25, -0.2) is 17.5 Å². The van der Waals surface area contributed by atoms with Crippen molar-refractivity contribution in [3.8, 4) is 0 Å². The number of aryl methyl sites for hydroxylation is 1. The molecule has 0 radical (unpaired) electrons. The molecule has 1 heterocycles. The average Bonchev–Trinajstić information content (AvgIpc) is 3.04. The molecule has 0 saturated carbocycles. The molecule has 0 fully saturated rings. The van der Waals surface area contributed by atoms with Crippen LogP contribution in [0.2, 0.25) is 0 Å². The number of hydrogen-bond donors (Lipinski definition) is 4. The van der Waals surface area contributed by atoms with Gasteiger partial charge in [0.05, 0.1) is 11.3 Å². The second-order valence-corrected chi connectivity index (χ2v) is 10.3. The van der Waals surface area contributed by atoms with Gasteiger partial charge in [-0.1, -0.05) is 18.2 Å². The Kier molecular flexibility index (Phi) is 7.73. The largest absolute Gasteiger partial charge is 0.481 e. The van der Waals surface area contributed by atoms with Gasteiger partial charge in [-0.15, -0.1) is 0 Å². The molecule has 3 aromatic rings. The number of carboxylic acids is 1. The normalized spacial score (nSPS) is 15.9. The number of hydrogen-bond acceptors (Lipinski definition) is 5. The van der Waals surface area contributed by atoms with E-state index in [4.69, 9.17) is 22.6 Å². The minimum atomic E-state index is -4.67. The van der Waals surface area contributed by atoms with Crippen LogP contribution >= 0.6 is 0 Å². The van der Waals surface area contributed by atoms with Crippen LogP contribution in [0.1, 0.15) is 24.1 Å². The predicted octanol–water partition coefficient (Wildman–Crippen LogP) is 2.44. The minimum Gasteiger partial charge on any atom is -0.481 e. The number of fused-ring (bicyclic) bond motifs is 3. The lowest BCUT2D eigenvalue weighted by atomic mass is 9.92. The van der Waals surface area contributed by atoms with Crippen LogP contribution in [0.5, 0.6) is 0 Å². The lowest BCUT2D eigenvalue weighted by molar-refractivity contribution is -0.137. The molecule has 13 heteroatoms. The fourth-order valence-electron chi connectivity index (χ4n) is 4.07. The molecule has 1 atom stereocenters. The molecule has 4 N–H and O–H groups in total. The number of aromatic nitrogens is 1. The molecule has 0 aliphatic heterocycles. The van der Waals surface area contributed by atoms with Crippen LogP contribution in [0.15, 0.2) is 53.4 Å². The molecule has 1 aliphatic rings. The molecule has 1 aromatic heterocycles. The molecule has 34 heavy (non-hydrogen) atoms. The number of rotatable bonds is 6. The third-order valence-electron chi connectivity index (χ3n) is 5.37. The zero-order valence-electron chi connectivity index (χ0n) is 17.8. The summed E-state index contributed by atoms with van der Waals surface area (Å²) in [6.45, 7) is 0.386. The van der Waals surface area contributed by atoms with Crippen LogP contribution in [0, 0.1) is 5.82 Å². The molecule has 184 valence electrons. The summed E-state index contributed by atoms with van der Waals surface area (Å²) >= 11 is 0. The van der Waals surface area contributed by atoms with Crippen molar-refractivity contribution in [1.82, 2.24) is 9.29 Å². The van der Waals surface area contributed by atoms with Crippen molar-refractivity contribution in [2.45, 2.75) is 43.2 Å².